The van der Waals surface area contributed by atoms with Crippen LogP contribution in [0.4, 0.5) is 0 Å². The van der Waals surface area contributed by atoms with Gasteiger partial charge < -0.3 is 4.74 Å². The van der Waals surface area contributed by atoms with Crippen molar-refractivity contribution >= 4 is 0 Å². The quantitative estimate of drug-likeness (QED) is 0.507. The monoisotopic (exact) mass is 171 g/mol. The molecule has 0 aromatic heterocycles. The second-order valence-electron chi connectivity index (χ2n) is 3.28. The molecule has 1 atom stereocenters. The van der Waals surface area contributed by atoms with Gasteiger partial charge in [-0.25, -0.2) is 0 Å². The van der Waals surface area contributed by atoms with E-state index < -0.39 is 0 Å². The standard InChI is InChI=1S/C11H23O/c1-4-7-8-10-12-11(6-3)9-5-2/h11H,3-10H2,1-2H3. The molecule has 1 nitrogen and oxygen atoms in total. The van der Waals surface area contributed by atoms with Gasteiger partial charge in [-0.2, -0.15) is 0 Å². The zero-order valence-corrected chi connectivity index (χ0v) is 8.64. The molecule has 0 fully saturated rings. The van der Waals surface area contributed by atoms with Crippen LogP contribution in [0.3, 0.4) is 0 Å². The van der Waals surface area contributed by atoms with Crippen LogP contribution in [0.2, 0.25) is 0 Å². The van der Waals surface area contributed by atoms with Gasteiger partial charge in [0.25, 0.3) is 0 Å². The van der Waals surface area contributed by atoms with E-state index in [1.165, 1.54) is 25.7 Å². The molecule has 1 radical (unpaired) electrons. The molecule has 0 aliphatic rings. The minimum atomic E-state index is 0.409. The fourth-order valence-electron chi connectivity index (χ4n) is 1.24. The van der Waals surface area contributed by atoms with Gasteiger partial charge >= 0.3 is 0 Å². The van der Waals surface area contributed by atoms with Crippen LogP contribution in [0.15, 0.2) is 0 Å². The Hall–Kier alpha value is -0.0400. The van der Waals surface area contributed by atoms with E-state index in [0.717, 1.165) is 19.4 Å². The molecule has 0 aromatic rings. The van der Waals surface area contributed by atoms with E-state index in [0.29, 0.717) is 6.10 Å². The molecule has 0 aliphatic carbocycles. The predicted octanol–water partition coefficient (Wildman–Crippen LogP) is 3.59. The van der Waals surface area contributed by atoms with Gasteiger partial charge in [-0.15, -0.1) is 0 Å². The minimum Gasteiger partial charge on any atom is -0.378 e. The third-order valence-corrected chi connectivity index (χ3v) is 2.03. The SMILES string of the molecule is [CH2]CC(CCC)OCCCCC. The molecule has 1 heteroatoms. The highest BCUT2D eigenvalue weighted by molar-refractivity contribution is 4.58. The number of hydrogen-bond donors (Lipinski definition) is 0. The van der Waals surface area contributed by atoms with Crippen LogP contribution < -0.4 is 0 Å². The lowest BCUT2D eigenvalue weighted by Crippen LogP contribution is -2.12. The van der Waals surface area contributed by atoms with E-state index in [9.17, 15) is 0 Å². The van der Waals surface area contributed by atoms with Crippen molar-refractivity contribution in [3.8, 4) is 0 Å². The van der Waals surface area contributed by atoms with E-state index >= 15 is 0 Å². The van der Waals surface area contributed by atoms with Crippen LogP contribution in [0, 0.1) is 6.92 Å². The molecule has 0 aliphatic heterocycles. The molecule has 0 saturated heterocycles. The van der Waals surface area contributed by atoms with Crippen molar-refractivity contribution in [2.24, 2.45) is 0 Å². The summed E-state index contributed by atoms with van der Waals surface area (Å²) in [5.74, 6) is 0. The molecule has 12 heavy (non-hydrogen) atoms. The van der Waals surface area contributed by atoms with Gasteiger partial charge in [0.05, 0.1) is 6.10 Å². The van der Waals surface area contributed by atoms with Crippen LogP contribution in [0.5, 0.6) is 0 Å². The summed E-state index contributed by atoms with van der Waals surface area (Å²) in [7, 11) is 0. The minimum absolute atomic E-state index is 0.409. The van der Waals surface area contributed by atoms with Crippen LogP contribution in [0.25, 0.3) is 0 Å². The third kappa shape index (κ3) is 6.66. The predicted molar refractivity (Wildman–Crippen MR) is 54.1 cm³/mol. The Labute approximate surface area is 77.5 Å². The summed E-state index contributed by atoms with van der Waals surface area (Å²) < 4.78 is 5.67. The van der Waals surface area contributed by atoms with Crippen molar-refractivity contribution in [2.45, 2.75) is 58.5 Å². The van der Waals surface area contributed by atoms with Gasteiger partial charge in [0.1, 0.15) is 0 Å². The fourth-order valence-corrected chi connectivity index (χ4v) is 1.24. The summed E-state index contributed by atoms with van der Waals surface area (Å²) >= 11 is 0. The first-order valence-electron chi connectivity index (χ1n) is 5.26. The number of rotatable bonds is 8. The molecule has 0 spiro atoms. The Kier molecular flexibility index (Phi) is 9.02. The lowest BCUT2D eigenvalue weighted by molar-refractivity contribution is 0.0462. The molecule has 1 unspecified atom stereocenters. The molecule has 0 aromatic carbocycles. The van der Waals surface area contributed by atoms with Crippen molar-refractivity contribution in [1.29, 1.82) is 0 Å². The molecular weight excluding hydrogens is 148 g/mol. The molecule has 0 amide bonds. The summed E-state index contributed by atoms with van der Waals surface area (Å²) in [6.45, 7) is 9.21. The second-order valence-corrected chi connectivity index (χ2v) is 3.28. The summed E-state index contributed by atoms with van der Waals surface area (Å²) in [5.41, 5.74) is 0. The molecule has 0 rings (SSSR count). The van der Waals surface area contributed by atoms with E-state index in [1.54, 1.807) is 0 Å². The first-order chi connectivity index (χ1) is 5.85. The van der Waals surface area contributed by atoms with Gasteiger partial charge in [0, 0.05) is 6.61 Å². The van der Waals surface area contributed by atoms with Gasteiger partial charge in [-0.1, -0.05) is 40.0 Å². The average Bonchev–Trinajstić information content (AvgIpc) is 2.10. The molecular formula is C11H23O. The highest BCUT2D eigenvalue weighted by atomic mass is 16.5. The largest absolute Gasteiger partial charge is 0.378 e. The zero-order chi connectivity index (χ0) is 9.23. The van der Waals surface area contributed by atoms with Crippen molar-refractivity contribution in [2.75, 3.05) is 6.61 Å². The van der Waals surface area contributed by atoms with Crippen LogP contribution in [-0.4, -0.2) is 12.7 Å². The Bertz CT molecular complexity index is 81.1. The van der Waals surface area contributed by atoms with Crippen LogP contribution in [0.1, 0.15) is 52.4 Å². The van der Waals surface area contributed by atoms with E-state index in [2.05, 4.69) is 20.8 Å². The van der Waals surface area contributed by atoms with E-state index in [4.69, 9.17) is 4.74 Å². The molecule has 0 bridgehead atoms. The Morgan fingerprint density at radius 2 is 1.92 bits per heavy atom. The van der Waals surface area contributed by atoms with Gasteiger partial charge in [0.2, 0.25) is 0 Å². The third-order valence-electron chi connectivity index (χ3n) is 2.03. The normalized spacial score (nSPS) is 13.2. The summed E-state index contributed by atoms with van der Waals surface area (Å²) in [5, 5.41) is 0. The first kappa shape index (κ1) is 12.0. The van der Waals surface area contributed by atoms with Crippen molar-refractivity contribution in [3.05, 3.63) is 6.92 Å². The Morgan fingerprint density at radius 3 is 2.42 bits per heavy atom. The van der Waals surface area contributed by atoms with Crippen LogP contribution in [-0.2, 0) is 4.74 Å². The van der Waals surface area contributed by atoms with Crippen molar-refractivity contribution in [3.63, 3.8) is 0 Å². The lowest BCUT2D eigenvalue weighted by atomic mass is 10.1. The van der Waals surface area contributed by atoms with E-state index in [1.807, 2.05) is 0 Å². The topological polar surface area (TPSA) is 9.23 Å². The maximum Gasteiger partial charge on any atom is 0.0575 e. The molecule has 0 N–H and O–H groups in total. The fraction of sp³-hybridized carbons (Fsp3) is 0.909. The van der Waals surface area contributed by atoms with Crippen molar-refractivity contribution in [1.82, 2.24) is 0 Å². The van der Waals surface area contributed by atoms with Crippen LogP contribution >= 0.6 is 0 Å². The summed E-state index contributed by atoms with van der Waals surface area (Å²) in [6.07, 6.45) is 7.45. The highest BCUT2D eigenvalue weighted by Gasteiger charge is 2.03. The molecule has 73 valence electrons. The Morgan fingerprint density at radius 1 is 1.17 bits per heavy atom. The lowest BCUT2D eigenvalue weighted by Gasteiger charge is -2.14. The summed E-state index contributed by atoms with van der Waals surface area (Å²) in [6, 6.07) is 0. The van der Waals surface area contributed by atoms with Gasteiger partial charge in [-0.05, 0) is 19.3 Å². The Balaban J connectivity index is 3.19. The van der Waals surface area contributed by atoms with E-state index in [-0.39, 0.29) is 0 Å². The zero-order valence-electron chi connectivity index (χ0n) is 8.64. The second kappa shape index (κ2) is 9.05. The maximum absolute atomic E-state index is 5.67. The van der Waals surface area contributed by atoms with Crippen molar-refractivity contribution < 1.29 is 4.74 Å². The average molecular weight is 171 g/mol. The molecule has 0 heterocycles. The first-order valence-corrected chi connectivity index (χ1v) is 5.26. The number of unbranched alkanes of at least 4 members (excludes halogenated alkanes) is 2. The van der Waals surface area contributed by atoms with Gasteiger partial charge in [0.15, 0.2) is 0 Å². The number of ether oxygens (including phenoxy) is 1. The number of hydrogen-bond acceptors (Lipinski definition) is 1. The maximum atomic E-state index is 5.67. The summed E-state index contributed by atoms with van der Waals surface area (Å²) in [4.78, 5) is 0. The molecule has 0 saturated carbocycles. The highest BCUT2D eigenvalue weighted by Crippen LogP contribution is 2.07. The smallest absolute Gasteiger partial charge is 0.0575 e. The van der Waals surface area contributed by atoms with Gasteiger partial charge in [-0.3, -0.25) is 0 Å².